The van der Waals surface area contributed by atoms with Crippen LogP contribution in [0.4, 0.5) is 26.8 Å². The van der Waals surface area contributed by atoms with Crippen molar-refractivity contribution in [3.8, 4) is 6.01 Å². The number of carbonyl (C=O) groups excluding carboxylic acids is 1. The summed E-state index contributed by atoms with van der Waals surface area (Å²) >= 11 is 0.973. The zero-order valence-electron chi connectivity index (χ0n) is 19.8. The van der Waals surface area contributed by atoms with Crippen molar-refractivity contribution in [3.05, 3.63) is 36.0 Å². The molecule has 188 valence electrons. The number of aromatic nitrogens is 4. The smallest absolute Gasteiger partial charge is 0.412 e. The fourth-order valence-electron chi connectivity index (χ4n) is 2.53. The number of sulfonamides is 1. The average Bonchev–Trinajstić information content (AvgIpc) is 3.14. The molecule has 13 nitrogen and oxygen atoms in total. The highest BCUT2D eigenvalue weighted by Gasteiger charge is 2.18. The van der Waals surface area contributed by atoms with Crippen LogP contribution in [0.2, 0.25) is 0 Å². The second-order valence-corrected chi connectivity index (χ2v) is 10.1. The topological polar surface area (TPSA) is 152 Å². The monoisotopic (exact) mass is 522 g/mol. The summed E-state index contributed by atoms with van der Waals surface area (Å²) in [6.45, 7) is 1.58. The number of ether oxygens (including phenoxy) is 2. The van der Waals surface area contributed by atoms with Gasteiger partial charge in [-0.15, -0.1) is 0 Å². The van der Waals surface area contributed by atoms with E-state index < -0.39 is 16.1 Å². The van der Waals surface area contributed by atoms with Crippen LogP contribution >= 0.6 is 11.3 Å². The molecule has 2 N–H and O–H groups in total. The number of nitrogens with zero attached hydrogens (tertiary/aromatic N) is 6. The van der Waals surface area contributed by atoms with Crippen LogP contribution in [-0.2, 0) is 14.8 Å². The summed E-state index contributed by atoms with van der Waals surface area (Å²) in [5.74, 6) is 0.855. The first-order valence-electron chi connectivity index (χ1n) is 10.3. The maximum absolute atomic E-state index is 12.5. The van der Waals surface area contributed by atoms with E-state index in [1.54, 1.807) is 63.1 Å². The molecule has 1 amide bonds. The minimum absolute atomic E-state index is 0.0148. The number of hydrogen-bond acceptors (Lipinski definition) is 12. The van der Waals surface area contributed by atoms with Gasteiger partial charge in [-0.2, -0.15) is 15.0 Å². The quantitative estimate of drug-likeness (QED) is 0.377. The fraction of sp³-hybridized carbons (Fsp3) is 0.350. The second-order valence-electron chi connectivity index (χ2n) is 7.47. The predicted molar refractivity (Wildman–Crippen MR) is 133 cm³/mol. The number of rotatable bonds is 10. The fourth-order valence-corrected chi connectivity index (χ4v) is 4.63. The van der Waals surface area contributed by atoms with Gasteiger partial charge in [0.05, 0.1) is 10.6 Å². The first-order valence-corrected chi connectivity index (χ1v) is 12.6. The Bertz CT molecular complexity index is 1240. The molecule has 0 aliphatic rings. The molecule has 1 aromatic carbocycles. The summed E-state index contributed by atoms with van der Waals surface area (Å²) in [6.07, 6.45) is -0.739. The number of thiazole rings is 1. The number of anilines is 4. The summed E-state index contributed by atoms with van der Waals surface area (Å²) in [5.41, 5.74) is 0.437. The summed E-state index contributed by atoms with van der Waals surface area (Å²) in [5, 5.41) is 3.02. The molecule has 3 rings (SSSR count). The first kappa shape index (κ1) is 25.9. The summed E-state index contributed by atoms with van der Waals surface area (Å²) in [7, 11) is 3.40. The highest BCUT2D eigenvalue weighted by atomic mass is 32.2. The molecule has 0 radical (unpaired) electrons. The molecule has 2 heterocycles. The first-order chi connectivity index (χ1) is 16.5. The van der Waals surface area contributed by atoms with Gasteiger partial charge in [0.15, 0.2) is 5.13 Å². The van der Waals surface area contributed by atoms with Crippen molar-refractivity contribution < 1.29 is 22.7 Å². The Morgan fingerprint density at radius 1 is 0.971 bits per heavy atom. The number of nitrogens with one attached hydrogen (secondary N) is 2. The molecule has 0 bridgehead atoms. The lowest BCUT2D eigenvalue weighted by atomic mass is 10.4. The standard InChI is InChI=1S/C20H26N8O5S2/c1-13-15(34-19(21-13)26-35(30,31)14-9-7-6-8-10-14)22-20(29)33-12-11-32-18-24-16(27(2)3)23-17(25-18)28(4)5/h6-10H,11-12H2,1-5H3,(H,21,26)(H,22,29). The highest BCUT2D eigenvalue weighted by molar-refractivity contribution is 7.93. The number of benzene rings is 1. The Balaban J connectivity index is 1.52. The van der Waals surface area contributed by atoms with E-state index in [9.17, 15) is 13.2 Å². The van der Waals surface area contributed by atoms with Gasteiger partial charge in [0, 0.05) is 28.2 Å². The Hall–Kier alpha value is -3.72. The van der Waals surface area contributed by atoms with Crippen molar-refractivity contribution in [3.63, 3.8) is 0 Å². The van der Waals surface area contributed by atoms with Crippen molar-refractivity contribution in [1.82, 2.24) is 19.9 Å². The lowest BCUT2D eigenvalue weighted by Gasteiger charge is -2.16. The van der Waals surface area contributed by atoms with Crippen LogP contribution in [0.5, 0.6) is 6.01 Å². The second kappa shape index (κ2) is 11.1. The molecule has 0 fully saturated rings. The Kier molecular flexibility index (Phi) is 8.24. The van der Waals surface area contributed by atoms with Crippen LogP contribution < -0.4 is 24.6 Å². The lowest BCUT2D eigenvalue weighted by Crippen LogP contribution is -2.21. The van der Waals surface area contributed by atoms with E-state index in [2.05, 4.69) is 30.0 Å². The van der Waals surface area contributed by atoms with Gasteiger partial charge in [-0.05, 0) is 19.1 Å². The number of carbonyl (C=O) groups is 1. The molecule has 0 saturated heterocycles. The molecule has 0 spiro atoms. The molecular formula is C20H26N8O5S2. The number of hydrogen-bond donors (Lipinski definition) is 2. The van der Waals surface area contributed by atoms with Crippen LogP contribution in [0.3, 0.4) is 0 Å². The van der Waals surface area contributed by atoms with E-state index in [1.807, 2.05) is 0 Å². The normalized spacial score (nSPS) is 11.0. The third kappa shape index (κ3) is 7.13. The molecule has 0 aliphatic heterocycles. The van der Waals surface area contributed by atoms with Gasteiger partial charge >= 0.3 is 12.1 Å². The molecular weight excluding hydrogens is 496 g/mol. The van der Waals surface area contributed by atoms with Gasteiger partial charge in [-0.25, -0.2) is 18.2 Å². The van der Waals surface area contributed by atoms with Gasteiger partial charge in [0.25, 0.3) is 10.0 Å². The van der Waals surface area contributed by atoms with E-state index >= 15 is 0 Å². The maximum atomic E-state index is 12.5. The van der Waals surface area contributed by atoms with Crippen molar-refractivity contribution in [2.24, 2.45) is 0 Å². The zero-order chi connectivity index (χ0) is 25.6. The Morgan fingerprint density at radius 2 is 1.60 bits per heavy atom. The Morgan fingerprint density at radius 3 is 2.20 bits per heavy atom. The lowest BCUT2D eigenvalue weighted by molar-refractivity contribution is 0.134. The van der Waals surface area contributed by atoms with Gasteiger partial charge in [-0.3, -0.25) is 10.0 Å². The van der Waals surface area contributed by atoms with E-state index in [0.29, 0.717) is 22.6 Å². The van der Waals surface area contributed by atoms with Gasteiger partial charge in [0.2, 0.25) is 11.9 Å². The van der Waals surface area contributed by atoms with Crippen molar-refractivity contribution in [2.75, 3.05) is 61.2 Å². The molecule has 35 heavy (non-hydrogen) atoms. The van der Waals surface area contributed by atoms with Crippen LogP contribution in [-0.4, -0.2) is 75.9 Å². The number of amides is 1. The Labute approximate surface area is 207 Å². The summed E-state index contributed by atoms with van der Waals surface area (Å²) < 4.78 is 38.0. The third-order valence-corrected chi connectivity index (χ3v) is 6.70. The maximum Gasteiger partial charge on any atom is 0.412 e. The van der Waals surface area contributed by atoms with Crippen molar-refractivity contribution >= 4 is 49.5 Å². The average molecular weight is 523 g/mol. The molecule has 0 unspecified atom stereocenters. The van der Waals surface area contributed by atoms with Crippen LogP contribution in [0.15, 0.2) is 35.2 Å². The van der Waals surface area contributed by atoms with Gasteiger partial charge < -0.3 is 19.3 Å². The molecule has 15 heteroatoms. The van der Waals surface area contributed by atoms with E-state index in [0.717, 1.165) is 11.3 Å². The van der Waals surface area contributed by atoms with E-state index in [1.165, 1.54) is 12.1 Å². The van der Waals surface area contributed by atoms with Crippen molar-refractivity contribution in [1.29, 1.82) is 0 Å². The molecule has 3 aromatic rings. The largest absolute Gasteiger partial charge is 0.460 e. The summed E-state index contributed by atoms with van der Waals surface area (Å²) in [6, 6.07) is 8.01. The van der Waals surface area contributed by atoms with Gasteiger partial charge in [-0.1, -0.05) is 29.5 Å². The third-order valence-electron chi connectivity index (χ3n) is 4.23. The van der Waals surface area contributed by atoms with E-state index in [4.69, 9.17) is 9.47 Å². The number of aryl methyl sites for hydroxylation is 1. The van der Waals surface area contributed by atoms with Crippen LogP contribution in [0.1, 0.15) is 5.69 Å². The predicted octanol–water partition coefficient (Wildman–Crippen LogP) is 2.20. The van der Waals surface area contributed by atoms with E-state index in [-0.39, 0.29) is 29.3 Å². The molecule has 0 aliphatic carbocycles. The van der Waals surface area contributed by atoms with Crippen molar-refractivity contribution in [2.45, 2.75) is 11.8 Å². The van der Waals surface area contributed by atoms with Gasteiger partial charge in [0.1, 0.15) is 18.2 Å². The minimum atomic E-state index is -3.79. The van der Waals surface area contributed by atoms with Crippen LogP contribution in [0, 0.1) is 6.92 Å². The zero-order valence-corrected chi connectivity index (χ0v) is 21.5. The highest BCUT2D eigenvalue weighted by Crippen LogP contribution is 2.29. The minimum Gasteiger partial charge on any atom is -0.460 e. The molecule has 0 saturated carbocycles. The SMILES string of the molecule is Cc1nc(NS(=O)(=O)c2ccccc2)sc1NC(=O)OCCOc1nc(N(C)C)nc(N(C)C)n1. The molecule has 0 atom stereocenters. The molecule has 2 aromatic heterocycles. The van der Waals surface area contributed by atoms with Crippen LogP contribution in [0.25, 0.3) is 0 Å². The summed E-state index contributed by atoms with van der Waals surface area (Å²) in [4.78, 5) is 32.6.